The van der Waals surface area contributed by atoms with Crippen LogP contribution in [0.25, 0.3) is 0 Å². The Morgan fingerprint density at radius 2 is 1.88 bits per heavy atom. The van der Waals surface area contributed by atoms with E-state index in [1.165, 1.54) is 0 Å². The van der Waals surface area contributed by atoms with Crippen LogP contribution in [-0.4, -0.2) is 22.0 Å². The van der Waals surface area contributed by atoms with Crippen molar-refractivity contribution in [3.8, 4) is 17.2 Å². The SMILES string of the molecule is COCOc1ccccc1C#C[Si](C)(C)C. The van der Waals surface area contributed by atoms with Crippen LogP contribution in [-0.2, 0) is 4.74 Å². The summed E-state index contributed by atoms with van der Waals surface area (Å²) in [5.41, 5.74) is 4.26. The first-order valence-electron chi connectivity index (χ1n) is 5.27. The van der Waals surface area contributed by atoms with Gasteiger partial charge < -0.3 is 9.47 Å². The molecule has 0 unspecified atom stereocenters. The fraction of sp³-hybridized carbons (Fsp3) is 0.385. The lowest BCUT2D eigenvalue weighted by molar-refractivity contribution is 0.0509. The van der Waals surface area contributed by atoms with E-state index in [9.17, 15) is 0 Å². The molecule has 0 saturated carbocycles. The van der Waals surface area contributed by atoms with Crippen LogP contribution < -0.4 is 4.74 Å². The van der Waals surface area contributed by atoms with Crippen LogP contribution in [0.1, 0.15) is 5.56 Å². The summed E-state index contributed by atoms with van der Waals surface area (Å²) in [4.78, 5) is 0. The number of methoxy groups -OCH3 is 1. The van der Waals surface area contributed by atoms with Gasteiger partial charge in [-0.3, -0.25) is 0 Å². The first-order chi connectivity index (χ1) is 7.53. The molecule has 0 aliphatic carbocycles. The van der Waals surface area contributed by atoms with Crippen molar-refractivity contribution in [3.05, 3.63) is 29.8 Å². The molecule has 0 aromatic heterocycles. The first-order valence-corrected chi connectivity index (χ1v) is 8.77. The van der Waals surface area contributed by atoms with Gasteiger partial charge >= 0.3 is 0 Å². The van der Waals surface area contributed by atoms with Gasteiger partial charge in [-0.25, -0.2) is 0 Å². The van der Waals surface area contributed by atoms with E-state index in [4.69, 9.17) is 9.47 Å². The Morgan fingerprint density at radius 3 is 2.50 bits per heavy atom. The highest BCUT2D eigenvalue weighted by Crippen LogP contribution is 2.16. The van der Waals surface area contributed by atoms with Crippen LogP contribution in [0.5, 0.6) is 5.75 Å². The molecule has 0 bridgehead atoms. The van der Waals surface area contributed by atoms with Crippen LogP contribution in [0.15, 0.2) is 24.3 Å². The predicted molar refractivity (Wildman–Crippen MR) is 69.2 cm³/mol. The molecule has 1 aromatic rings. The number of para-hydroxylation sites is 1. The Balaban J connectivity index is 2.89. The molecule has 1 aromatic carbocycles. The van der Waals surface area contributed by atoms with Crippen molar-refractivity contribution < 1.29 is 9.47 Å². The maximum atomic E-state index is 5.44. The molecule has 16 heavy (non-hydrogen) atoms. The lowest BCUT2D eigenvalue weighted by atomic mass is 10.2. The van der Waals surface area contributed by atoms with Gasteiger partial charge in [0, 0.05) is 7.11 Å². The van der Waals surface area contributed by atoms with Gasteiger partial charge in [-0.15, -0.1) is 5.54 Å². The predicted octanol–water partition coefficient (Wildman–Crippen LogP) is 2.90. The van der Waals surface area contributed by atoms with E-state index in [2.05, 4.69) is 31.1 Å². The lowest BCUT2D eigenvalue weighted by Crippen LogP contribution is -2.16. The normalized spacial score (nSPS) is 10.5. The topological polar surface area (TPSA) is 18.5 Å². The minimum atomic E-state index is -1.34. The van der Waals surface area contributed by atoms with E-state index in [0.717, 1.165) is 11.3 Å². The van der Waals surface area contributed by atoms with Gasteiger partial charge in [-0.1, -0.05) is 37.7 Å². The van der Waals surface area contributed by atoms with Gasteiger partial charge in [0.05, 0.1) is 5.56 Å². The second kappa shape index (κ2) is 5.74. The van der Waals surface area contributed by atoms with E-state index in [1.807, 2.05) is 24.3 Å². The molecule has 0 aliphatic heterocycles. The molecular formula is C13H18O2Si. The second-order valence-corrected chi connectivity index (χ2v) is 9.30. The van der Waals surface area contributed by atoms with Crippen molar-refractivity contribution in [1.29, 1.82) is 0 Å². The van der Waals surface area contributed by atoms with Gasteiger partial charge in [0.15, 0.2) is 6.79 Å². The molecule has 1 rings (SSSR count). The monoisotopic (exact) mass is 234 g/mol. The molecule has 0 fully saturated rings. The smallest absolute Gasteiger partial charge is 0.188 e. The third-order valence-electron chi connectivity index (χ3n) is 1.79. The van der Waals surface area contributed by atoms with Gasteiger partial charge in [-0.2, -0.15) is 0 Å². The Hall–Kier alpha value is -1.24. The summed E-state index contributed by atoms with van der Waals surface area (Å²) in [7, 11) is 0.265. The largest absolute Gasteiger partial charge is 0.466 e. The first kappa shape index (κ1) is 12.8. The quantitative estimate of drug-likeness (QED) is 0.455. The number of hydrogen-bond donors (Lipinski definition) is 0. The van der Waals surface area contributed by atoms with Gasteiger partial charge in [-0.05, 0) is 12.1 Å². The minimum absolute atomic E-state index is 0.256. The average molecular weight is 234 g/mol. The van der Waals surface area contributed by atoms with Crippen LogP contribution >= 0.6 is 0 Å². The molecule has 0 heterocycles. The van der Waals surface area contributed by atoms with Gasteiger partial charge in [0.2, 0.25) is 0 Å². The highest BCUT2D eigenvalue weighted by molar-refractivity contribution is 6.83. The molecule has 86 valence electrons. The highest BCUT2D eigenvalue weighted by atomic mass is 28.3. The maximum Gasteiger partial charge on any atom is 0.188 e. The standard InChI is InChI=1S/C13H18O2Si/c1-14-11-15-13-8-6-5-7-12(13)9-10-16(2,3)4/h5-8H,11H2,1-4H3. The lowest BCUT2D eigenvalue weighted by Gasteiger charge is -2.07. The van der Waals surface area contributed by atoms with E-state index < -0.39 is 8.07 Å². The molecule has 0 saturated heterocycles. The summed E-state index contributed by atoms with van der Waals surface area (Å²) in [6.07, 6.45) is 0. The van der Waals surface area contributed by atoms with Crippen molar-refractivity contribution in [3.63, 3.8) is 0 Å². The van der Waals surface area contributed by atoms with Crippen molar-refractivity contribution in [2.24, 2.45) is 0 Å². The molecular weight excluding hydrogens is 216 g/mol. The molecule has 0 aliphatic rings. The molecule has 0 radical (unpaired) electrons. The number of rotatable bonds is 3. The Labute approximate surface area is 98.6 Å². The summed E-state index contributed by atoms with van der Waals surface area (Å²) in [5, 5.41) is 0. The maximum absolute atomic E-state index is 5.44. The molecule has 2 nitrogen and oxygen atoms in total. The van der Waals surface area contributed by atoms with Crippen LogP contribution in [0.3, 0.4) is 0 Å². The number of benzene rings is 1. The Morgan fingerprint density at radius 1 is 1.19 bits per heavy atom. The van der Waals surface area contributed by atoms with Crippen LogP contribution in [0.2, 0.25) is 19.6 Å². The van der Waals surface area contributed by atoms with E-state index in [0.29, 0.717) is 0 Å². The summed E-state index contributed by atoms with van der Waals surface area (Å²) in [6.45, 7) is 6.92. The summed E-state index contributed by atoms with van der Waals surface area (Å²) in [5.74, 6) is 3.98. The molecule has 0 atom stereocenters. The third kappa shape index (κ3) is 4.52. The minimum Gasteiger partial charge on any atom is -0.466 e. The molecule has 0 spiro atoms. The van der Waals surface area contributed by atoms with Gasteiger partial charge in [0.1, 0.15) is 13.8 Å². The van der Waals surface area contributed by atoms with Crippen molar-refractivity contribution in [2.45, 2.75) is 19.6 Å². The highest BCUT2D eigenvalue weighted by Gasteiger charge is 2.08. The Kier molecular flexibility index (Phi) is 4.60. The fourth-order valence-corrected chi connectivity index (χ4v) is 1.58. The summed E-state index contributed by atoms with van der Waals surface area (Å²) in [6, 6.07) is 7.78. The van der Waals surface area contributed by atoms with E-state index in [-0.39, 0.29) is 6.79 Å². The van der Waals surface area contributed by atoms with Crippen LogP contribution in [0.4, 0.5) is 0 Å². The second-order valence-electron chi connectivity index (χ2n) is 4.55. The Bertz CT molecular complexity index is 396. The van der Waals surface area contributed by atoms with Crippen molar-refractivity contribution in [1.82, 2.24) is 0 Å². The summed E-state index contributed by atoms with van der Waals surface area (Å²) < 4.78 is 10.3. The van der Waals surface area contributed by atoms with Crippen LogP contribution in [0, 0.1) is 11.5 Å². The number of hydrogen-bond acceptors (Lipinski definition) is 2. The molecule has 0 N–H and O–H groups in total. The zero-order valence-corrected chi connectivity index (χ0v) is 11.3. The molecule has 0 amide bonds. The molecule has 3 heteroatoms. The number of ether oxygens (including phenoxy) is 2. The van der Waals surface area contributed by atoms with Crippen molar-refractivity contribution in [2.75, 3.05) is 13.9 Å². The van der Waals surface area contributed by atoms with Gasteiger partial charge in [0.25, 0.3) is 0 Å². The summed E-state index contributed by atoms with van der Waals surface area (Å²) >= 11 is 0. The van der Waals surface area contributed by atoms with Crippen molar-refractivity contribution >= 4 is 8.07 Å². The third-order valence-corrected chi connectivity index (χ3v) is 2.67. The zero-order chi connectivity index (χ0) is 12.0. The zero-order valence-electron chi connectivity index (χ0n) is 10.3. The fourth-order valence-electron chi connectivity index (χ4n) is 1.07. The average Bonchev–Trinajstić information content (AvgIpc) is 2.23. The van der Waals surface area contributed by atoms with E-state index >= 15 is 0 Å². The van der Waals surface area contributed by atoms with E-state index in [1.54, 1.807) is 7.11 Å².